The number of nitrogens with one attached hydrogen (secondary N) is 2. The van der Waals surface area contributed by atoms with Crippen LogP contribution >= 0.6 is 11.6 Å². The highest BCUT2D eigenvalue weighted by Gasteiger charge is 2.35. The summed E-state index contributed by atoms with van der Waals surface area (Å²) < 4.78 is 19.3. The van der Waals surface area contributed by atoms with Crippen LogP contribution in [0.3, 0.4) is 0 Å². The van der Waals surface area contributed by atoms with Gasteiger partial charge in [-0.3, -0.25) is 0 Å². The predicted octanol–water partition coefficient (Wildman–Crippen LogP) is 4.17. The first-order valence-electron chi connectivity index (χ1n) is 9.21. The normalized spacial score (nSPS) is 15.4. The van der Waals surface area contributed by atoms with Gasteiger partial charge in [-0.25, -0.2) is 19.0 Å². The van der Waals surface area contributed by atoms with E-state index in [1.807, 2.05) is 0 Å². The number of hydrogen-bond donors (Lipinski definition) is 2. The van der Waals surface area contributed by atoms with Crippen molar-refractivity contribution in [2.24, 2.45) is 0 Å². The highest BCUT2D eigenvalue weighted by Crippen LogP contribution is 2.36. The number of hydrogen-bond acceptors (Lipinski definition) is 4. The van der Waals surface area contributed by atoms with Crippen molar-refractivity contribution in [2.75, 3.05) is 19.0 Å². The van der Waals surface area contributed by atoms with Gasteiger partial charge in [-0.2, -0.15) is 0 Å². The molecule has 3 aromatic rings. The molecule has 4 rings (SSSR count). The molecule has 1 atom stereocenters. The molecular formula is C21H18ClFN4O3. The third-order valence-corrected chi connectivity index (χ3v) is 5.23. The Morgan fingerprint density at radius 3 is 2.77 bits per heavy atom. The molecule has 1 aliphatic rings. The number of esters is 1. The molecule has 0 bridgehead atoms. The Hall–Kier alpha value is -3.39. The van der Waals surface area contributed by atoms with E-state index in [2.05, 4.69) is 20.0 Å². The number of halogens is 2. The van der Waals surface area contributed by atoms with Crippen LogP contribution in [0.2, 0.25) is 5.02 Å². The van der Waals surface area contributed by atoms with Gasteiger partial charge >= 0.3 is 12.0 Å². The van der Waals surface area contributed by atoms with Gasteiger partial charge in [0, 0.05) is 34.9 Å². The molecular weight excluding hydrogens is 411 g/mol. The lowest BCUT2D eigenvalue weighted by atomic mass is 9.95. The van der Waals surface area contributed by atoms with E-state index < -0.39 is 23.9 Å². The van der Waals surface area contributed by atoms with Crippen molar-refractivity contribution in [3.63, 3.8) is 0 Å². The molecule has 0 radical (unpaired) electrons. The van der Waals surface area contributed by atoms with Crippen LogP contribution in [-0.4, -0.2) is 40.5 Å². The van der Waals surface area contributed by atoms with E-state index in [1.165, 1.54) is 36.5 Å². The Bertz CT molecular complexity index is 1100. The summed E-state index contributed by atoms with van der Waals surface area (Å²) >= 11 is 6.09. The van der Waals surface area contributed by atoms with Gasteiger partial charge in [0.25, 0.3) is 0 Å². The zero-order chi connectivity index (χ0) is 21.3. The second-order valence-corrected chi connectivity index (χ2v) is 7.21. The van der Waals surface area contributed by atoms with Crippen molar-refractivity contribution >= 4 is 29.3 Å². The summed E-state index contributed by atoms with van der Waals surface area (Å²) in [5.74, 6) is -0.938. The van der Waals surface area contributed by atoms with Crippen LogP contribution in [-0.2, 0) is 11.2 Å². The zero-order valence-corrected chi connectivity index (χ0v) is 16.7. The van der Waals surface area contributed by atoms with E-state index in [0.29, 0.717) is 34.9 Å². The summed E-state index contributed by atoms with van der Waals surface area (Å²) in [6.07, 6.45) is 2.09. The van der Waals surface area contributed by atoms with Crippen LogP contribution < -0.4 is 5.32 Å². The SMILES string of the molecule is COC(=O)c1ccc(NC(=O)N2CCc3[nH]cnc3C2c2cc(Cl)ccc2F)cc1. The first kappa shape index (κ1) is 19.9. The molecule has 0 aliphatic carbocycles. The van der Waals surface area contributed by atoms with Crippen LogP contribution in [0.1, 0.15) is 33.4 Å². The van der Waals surface area contributed by atoms with Gasteiger partial charge in [0.1, 0.15) is 11.9 Å². The molecule has 30 heavy (non-hydrogen) atoms. The summed E-state index contributed by atoms with van der Waals surface area (Å²) in [5.41, 5.74) is 2.57. The Balaban J connectivity index is 1.64. The van der Waals surface area contributed by atoms with Crippen LogP contribution in [0, 0.1) is 5.82 Å². The van der Waals surface area contributed by atoms with E-state index in [0.717, 1.165) is 5.69 Å². The van der Waals surface area contributed by atoms with E-state index in [9.17, 15) is 14.0 Å². The lowest BCUT2D eigenvalue weighted by Crippen LogP contribution is -2.43. The quantitative estimate of drug-likeness (QED) is 0.613. The van der Waals surface area contributed by atoms with Crippen molar-refractivity contribution < 1.29 is 18.7 Å². The average Bonchev–Trinajstić information content (AvgIpc) is 3.23. The number of rotatable bonds is 3. The smallest absolute Gasteiger partial charge is 0.337 e. The number of carbonyl (C=O) groups excluding carboxylic acids is 2. The maximum Gasteiger partial charge on any atom is 0.337 e. The molecule has 2 N–H and O–H groups in total. The Morgan fingerprint density at radius 2 is 2.03 bits per heavy atom. The highest BCUT2D eigenvalue weighted by atomic mass is 35.5. The number of fused-ring (bicyclic) bond motifs is 1. The molecule has 7 nitrogen and oxygen atoms in total. The number of urea groups is 1. The van der Waals surface area contributed by atoms with Crippen molar-refractivity contribution in [3.05, 3.63) is 82.1 Å². The molecule has 9 heteroatoms. The number of aromatic amines is 1. The van der Waals surface area contributed by atoms with Crippen molar-refractivity contribution in [1.29, 1.82) is 0 Å². The van der Waals surface area contributed by atoms with Crippen LogP contribution in [0.4, 0.5) is 14.9 Å². The lowest BCUT2D eigenvalue weighted by Gasteiger charge is -2.35. The molecule has 154 valence electrons. The van der Waals surface area contributed by atoms with Gasteiger partial charge in [0.2, 0.25) is 0 Å². The molecule has 1 unspecified atom stereocenters. The minimum atomic E-state index is -0.729. The molecule has 0 saturated heterocycles. The Kier molecular flexibility index (Phi) is 5.41. The van der Waals surface area contributed by atoms with E-state index in [4.69, 9.17) is 11.6 Å². The van der Waals surface area contributed by atoms with Crippen molar-refractivity contribution in [1.82, 2.24) is 14.9 Å². The minimum Gasteiger partial charge on any atom is -0.465 e. The Morgan fingerprint density at radius 1 is 1.27 bits per heavy atom. The third kappa shape index (κ3) is 3.73. The number of aromatic nitrogens is 2. The van der Waals surface area contributed by atoms with E-state index in [-0.39, 0.29) is 5.56 Å². The number of imidazole rings is 1. The van der Waals surface area contributed by atoms with Crippen molar-refractivity contribution in [2.45, 2.75) is 12.5 Å². The van der Waals surface area contributed by atoms with Gasteiger partial charge in [0.15, 0.2) is 0 Å². The molecule has 1 aromatic heterocycles. The summed E-state index contributed by atoms with van der Waals surface area (Å²) in [4.78, 5) is 33.6. The largest absolute Gasteiger partial charge is 0.465 e. The number of benzene rings is 2. The predicted molar refractivity (Wildman–Crippen MR) is 109 cm³/mol. The summed E-state index contributed by atoms with van der Waals surface area (Å²) in [6.45, 7) is 0.359. The molecule has 1 aliphatic heterocycles. The fraction of sp³-hybridized carbons (Fsp3) is 0.190. The molecule has 2 amide bonds. The first-order valence-corrected chi connectivity index (χ1v) is 9.59. The summed E-state index contributed by atoms with van der Waals surface area (Å²) in [6, 6.07) is 9.41. The standard InChI is InChI=1S/C21H18ClFN4O3/c1-30-20(28)12-2-5-14(6-3-12)26-21(29)27-9-8-17-18(25-11-24-17)19(27)15-10-13(22)4-7-16(15)23/h2-7,10-11,19H,8-9H2,1H3,(H,24,25)(H,26,29). The highest BCUT2D eigenvalue weighted by molar-refractivity contribution is 6.30. The number of H-pyrrole nitrogens is 1. The van der Waals surface area contributed by atoms with E-state index in [1.54, 1.807) is 24.3 Å². The number of nitrogens with zero attached hydrogens (tertiary/aromatic N) is 2. The second-order valence-electron chi connectivity index (χ2n) is 6.78. The van der Waals surface area contributed by atoms with Gasteiger partial charge in [-0.05, 0) is 42.5 Å². The fourth-order valence-corrected chi connectivity index (χ4v) is 3.72. The van der Waals surface area contributed by atoms with Crippen LogP contribution in [0.5, 0.6) is 0 Å². The second kappa shape index (κ2) is 8.16. The zero-order valence-electron chi connectivity index (χ0n) is 16.0. The maximum atomic E-state index is 14.7. The summed E-state index contributed by atoms with van der Waals surface area (Å²) in [5, 5.41) is 3.16. The minimum absolute atomic E-state index is 0.270. The van der Waals surface area contributed by atoms with Gasteiger partial charge in [-0.15, -0.1) is 0 Å². The van der Waals surface area contributed by atoms with Crippen LogP contribution in [0.25, 0.3) is 0 Å². The molecule has 0 saturated carbocycles. The summed E-state index contributed by atoms with van der Waals surface area (Å²) in [7, 11) is 1.30. The van der Waals surface area contributed by atoms with Gasteiger partial charge in [0.05, 0.1) is 24.7 Å². The molecule has 0 fully saturated rings. The molecule has 2 heterocycles. The molecule has 2 aromatic carbocycles. The first-order chi connectivity index (χ1) is 14.5. The Labute approximate surface area is 176 Å². The fourth-order valence-electron chi connectivity index (χ4n) is 3.54. The van der Waals surface area contributed by atoms with E-state index >= 15 is 0 Å². The average molecular weight is 429 g/mol. The number of methoxy groups -OCH3 is 1. The lowest BCUT2D eigenvalue weighted by molar-refractivity contribution is 0.0600. The monoisotopic (exact) mass is 428 g/mol. The number of carbonyl (C=O) groups is 2. The van der Waals surface area contributed by atoms with Crippen LogP contribution in [0.15, 0.2) is 48.8 Å². The number of anilines is 1. The van der Waals surface area contributed by atoms with Crippen molar-refractivity contribution in [3.8, 4) is 0 Å². The maximum absolute atomic E-state index is 14.7. The molecule has 0 spiro atoms. The van der Waals surface area contributed by atoms with Gasteiger partial charge < -0.3 is 19.9 Å². The third-order valence-electron chi connectivity index (χ3n) is 5.00. The number of amides is 2. The number of ether oxygens (including phenoxy) is 1. The van der Waals surface area contributed by atoms with Gasteiger partial charge in [-0.1, -0.05) is 11.6 Å². The topological polar surface area (TPSA) is 87.3 Å².